The molecule has 4 rings (SSSR count). The number of rotatable bonds is 12. The van der Waals surface area contributed by atoms with Crippen LogP contribution in [0.3, 0.4) is 0 Å². The number of pyridine rings is 1. The summed E-state index contributed by atoms with van der Waals surface area (Å²) in [6, 6.07) is 1.21. The molecule has 3 aliphatic rings. The Morgan fingerprint density at radius 1 is 0.708 bits per heavy atom. The summed E-state index contributed by atoms with van der Waals surface area (Å²) in [4.78, 5) is 32.8. The zero-order valence-corrected chi connectivity index (χ0v) is 31.7. The van der Waals surface area contributed by atoms with Crippen molar-refractivity contribution < 1.29 is 41.7 Å². The van der Waals surface area contributed by atoms with E-state index in [-0.39, 0.29) is 51.6 Å². The second-order valence-electron chi connectivity index (χ2n) is 12.7. The first-order valence-corrected chi connectivity index (χ1v) is 20.9. The summed E-state index contributed by atoms with van der Waals surface area (Å²) >= 11 is 0.00694. The van der Waals surface area contributed by atoms with Gasteiger partial charge in [-0.15, -0.1) is 0 Å². The standard InChI is InChI=1S/C34H57N5O6.2ClH.Mn/c1-4-5-6-11-24-31(33(40)44-20-18-42-2)29-22-37-27-14-9-7-12-25(27)35-16-17-36-26-13-8-10-15-28(26)38-23-30(39-29)32(24)34(41)45-21-19-43-3;;;/h25-28,35-38H,4-23H2,1-3H3;2*1H;/q;;;+2/p-2/t25-,26-,27-,28-;;;/m1.../s1. The van der Waals surface area contributed by atoms with Gasteiger partial charge in [-0.2, -0.15) is 0 Å². The van der Waals surface area contributed by atoms with Crippen molar-refractivity contribution in [2.75, 3.05) is 53.7 Å². The van der Waals surface area contributed by atoms with Crippen LogP contribution in [-0.2, 0) is 51.6 Å². The molecule has 275 valence electrons. The van der Waals surface area contributed by atoms with Gasteiger partial charge in [-0.25, -0.2) is 9.59 Å². The van der Waals surface area contributed by atoms with E-state index in [9.17, 15) is 9.59 Å². The summed E-state index contributed by atoms with van der Waals surface area (Å²) in [6.45, 7) is 5.62. The summed E-state index contributed by atoms with van der Waals surface area (Å²) in [7, 11) is 12.7. The van der Waals surface area contributed by atoms with Crippen molar-refractivity contribution in [3.63, 3.8) is 0 Å². The van der Waals surface area contributed by atoms with E-state index in [1.165, 1.54) is 25.7 Å². The molecule has 4 atom stereocenters. The first kappa shape index (κ1) is 41.4. The van der Waals surface area contributed by atoms with Gasteiger partial charge < -0.3 is 40.2 Å². The number of unbranched alkanes of at least 4 members (excludes halogenated alkanes) is 2. The molecule has 2 bridgehead atoms. The third kappa shape index (κ3) is 13.2. The molecule has 0 radical (unpaired) electrons. The van der Waals surface area contributed by atoms with Crippen LogP contribution in [0, 0.1) is 0 Å². The Kier molecular flexibility index (Phi) is 20.9. The van der Waals surface area contributed by atoms with E-state index >= 15 is 0 Å². The van der Waals surface area contributed by atoms with E-state index in [2.05, 4.69) is 28.2 Å². The van der Waals surface area contributed by atoms with Crippen molar-refractivity contribution in [1.82, 2.24) is 26.3 Å². The Hall–Kier alpha value is -1.05. The van der Waals surface area contributed by atoms with Crippen LogP contribution in [0.4, 0.5) is 0 Å². The number of carbonyl (C=O) groups is 2. The van der Waals surface area contributed by atoms with Gasteiger partial charge in [-0.05, 0) is 44.1 Å². The maximum absolute atomic E-state index is 13.9. The van der Waals surface area contributed by atoms with E-state index < -0.39 is 11.9 Å². The molecule has 2 saturated carbocycles. The fourth-order valence-electron chi connectivity index (χ4n) is 7.08. The van der Waals surface area contributed by atoms with Crippen LogP contribution in [0.2, 0.25) is 0 Å². The molecular weight excluding hydrogens is 700 g/mol. The zero-order chi connectivity index (χ0) is 34.6. The van der Waals surface area contributed by atoms with Gasteiger partial charge in [0.05, 0.1) is 35.7 Å². The first-order valence-electron chi connectivity index (χ1n) is 17.7. The third-order valence-corrected chi connectivity index (χ3v) is 9.46. The van der Waals surface area contributed by atoms with Gasteiger partial charge in [0, 0.05) is 64.6 Å². The van der Waals surface area contributed by atoms with Crippen molar-refractivity contribution in [3.8, 4) is 0 Å². The number of esters is 2. The Labute approximate surface area is 302 Å². The molecule has 0 unspecified atom stereocenters. The number of fused-ring (bicyclic) bond motifs is 4. The van der Waals surface area contributed by atoms with E-state index in [0.29, 0.717) is 59.7 Å². The second-order valence-corrected chi connectivity index (χ2v) is 14.6. The molecule has 11 nitrogen and oxygen atoms in total. The van der Waals surface area contributed by atoms with Crippen LogP contribution >= 0.6 is 20.2 Å². The molecule has 48 heavy (non-hydrogen) atoms. The maximum atomic E-state index is 13.9. The predicted octanol–water partition coefficient (Wildman–Crippen LogP) is 4.79. The van der Waals surface area contributed by atoms with Crippen LogP contribution in [0.15, 0.2) is 0 Å². The van der Waals surface area contributed by atoms with Crippen LogP contribution in [0.5, 0.6) is 0 Å². The van der Waals surface area contributed by atoms with Crippen molar-refractivity contribution >= 4 is 32.1 Å². The number of methoxy groups -OCH3 is 2. The summed E-state index contributed by atoms with van der Waals surface area (Å²) in [5.41, 5.74) is 2.72. The van der Waals surface area contributed by atoms with Crippen LogP contribution in [0.1, 0.15) is 115 Å². The van der Waals surface area contributed by atoms with E-state index in [1.54, 1.807) is 14.2 Å². The quantitative estimate of drug-likeness (QED) is 0.133. The molecule has 1 aromatic rings. The van der Waals surface area contributed by atoms with E-state index in [4.69, 9.17) is 44.1 Å². The summed E-state index contributed by atoms with van der Waals surface area (Å²) in [6.07, 6.45) is 12.5. The number of carbonyl (C=O) groups excluding carboxylic acids is 2. The van der Waals surface area contributed by atoms with Gasteiger partial charge in [-0.1, -0.05) is 45.4 Å². The fraction of sp³-hybridized carbons (Fsp3) is 0.794. The summed E-state index contributed by atoms with van der Waals surface area (Å²) in [5.74, 6) is -0.942. The van der Waals surface area contributed by atoms with E-state index in [0.717, 1.165) is 58.0 Å². The predicted molar refractivity (Wildman–Crippen MR) is 185 cm³/mol. The number of nitrogens with zero attached hydrogens (tertiary/aromatic N) is 1. The van der Waals surface area contributed by atoms with Crippen molar-refractivity contribution in [2.24, 2.45) is 0 Å². The SMILES string of the molecule is CCCCCc1c(C(=O)OCCOC)c2nc(c1C(=O)OCCOC)CN[C@@H]1CCCC[C@H]1NCCN[C@@H]1CCCC[C@H]1NC2.[Cl][Mn][Cl]. The molecule has 4 N–H and O–H groups in total. The average Bonchev–Trinajstić information content (AvgIpc) is 3.09. The van der Waals surface area contributed by atoms with Gasteiger partial charge in [0.15, 0.2) is 0 Å². The zero-order valence-electron chi connectivity index (χ0n) is 29.0. The molecule has 2 fully saturated rings. The Balaban J connectivity index is 0.00000201. The van der Waals surface area contributed by atoms with Gasteiger partial charge >= 0.3 is 45.3 Å². The van der Waals surface area contributed by atoms with Crippen molar-refractivity contribution in [3.05, 3.63) is 28.1 Å². The summed E-state index contributed by atoms with van der Waals surface area (Å²) < 4.78 is 21.8. The molecule has 1 aliphatic heterocycles. The van der Waals surface area contributed by atoms with Gasteiger partial charge in [0.25, 0.3) is 0 Å². The number of aromatic nitrogens is 1. The molecular formula is C34H57Cl2MnN5O6. The number of hydrogen-bond acceptors (Lipinski definition) is 11. The number of nitrogens with one attached hydrogen (secondary N) is 4. The number of ether oxygens (including phenoxy) is 4. The average molecular weight is 758 g/mol. The Morgan fingerprint density at radius 2 is 1.12 bits per heavy atom. The molecule has 0 spiro atoms. The fourth-order valence-corrected chi connectivity index (χ4v) is 7.08. The minimum absolute atomic E-state index is 0.00694. The normalized spacial score (nSPS) is 23.3. The second kappa shape index (κ2) is 24.2. The van der Waals surface area contributed by atoms with Crippen LogP contribution < -0.4 is 21.3 Å². The molecule has 14 heteroatoms. The van der Waals surface area contributed by atoms with Crippen molar-refractivity contribution in [2.45, 2.75) is 121 Å². The van der Waals surface area contributed by atoms with Gasteiger partial charge in [0.2, 0.25) is 0 Å². The topological polar surface area (TPSA) is 132 Å². The molecule has 0 aromatic carbocycles. The van der Waals surface area contributed by atoms with E-state index in [1.807, 2.05) is 0 Å². The molecule has 0 saturated heterocycles. The third-order valence-electron chi connectivity index (χ3n) is 9.46. The van der Waals surface area contributed by atoms with Crippen LogP contribution in [-0.4, -0.2) is 94.8 Å². The molecule has 2 aliphatic carbocycles. The van der Waals surface area contributed by atoms with Gasteiger partial charge in [-0.3, -0.25) is 4.98 Å². The molecule has 1 aromatic heterocycles. The monoisotopic (exact) mass is 756 g/mol. The van der Waals surface area contributed by atoms with Gasteiger partial charge in [0.1, 0.15) is 13.2 Å². The number of halogens is 2. The minimum atomic E-state index is -0.471. The molecule has 2 heterocycles. The molecule has 0 amide bonds. The summed E-state index contributed by atoms with van der Waals surface area (Å²) in [5, 5.41) is 15.2. The number of hydrogen-bond donors (Lipinski definition) is 4. The Morgan fingerprint density at radius 3 is 1.52 bits per heavy atom. The van der Waals surface area contributed by atoms with Crippen molar-refractivity contribution in [1.29, 1.82) is 0 Å². The van der Waals surface area contributed by atoms with Crippen LogP contribution in [0.25, 0.3) is 0 Å². The first-order chi connectivity index (χ1) is 23.5. The Bertz CT molecular complexity index is 1030.